The van der Waals surface area contributed by atoms with Crippen molar-refractivity contribution in [2.75, 3.05) is 0 Å². The van der Waals surface area contributed by atoms with E-state index in [1.54, 1.807) is 0 Å². The maximum absolute atomic E-state index is 5.31. The smallest absolute Gasteiger partial charge is 0.657 e. The van der Waals surface area contributed by atoms with Gasteiger partial charge in [-0.2, -0.15) is 0 Å². The van der Waals surface area contributed by atoms with Crippen LogP contribution in [0.5, 0.6) is 0 Å². The van der Waals surface area contributed by atoms with Crippen molar-refractivity contribution >= 4 is 52.4 Å². The first-order chi connectivity index (χ1) is 23.0. The van der Waals surface area contributed by atoms with Gasteiger partial charge in [0.1, 0.15) is 0 Å². The molecule has 0 aliphatic carbocycles. The van der Waals surface area contributed by atoms with Gasteiger partial charge in [-0.15, -0.1) is 27.8 Å². The average Bonchev–Trinajstić information content (AvgIpc) is 3.91. The molecule has 2 aromatic carbocycles. The number of unbranched alkanes of at least 4 members (excludes halogenated alkanes) is 3. The van der Waals surface area contributed by atoms with E-state index in [0.29, 0.717) is 0 Å². The molecule has 0 unspecified atom stereocenters. The number of fused-ring (bicyclic) bond motifs is 8. The van der Waals surface area contributed by atoms with E-state index in [-0.39, 0.29) is 16.5 Å². The Morgan fingerprint density at radius 1 is 0.604 bits per heavy atom. The number of rotatable bonds is 8. The monoisotopic (exact) mass is 668 g/mol. The van der Waals surface area contributed by atoms with Crippen molar-refractivity contribution in [3.05, 3.63) is 130 Å². The summed E-state index contributed by atoms with van der Waals surface area (Å²) in [5.74, 6) is 0. The molecule has 0 atom stereocenters. The molecule has 5 heteroatoms. The van der Waals surface area contributed by atoms with Crippen molar-refractivity contribution < 1.29 is 16.5 Å². The van der Waals surface area contributed by atoms with Crippen LogP contribution >= 0.6 is 0 Å². The maximum Gasteiger partial charge on any atom is 2.00 e. The zero-order valence-electron chi connectivity index (χ0n) is 27.7. The fourth-order valence-corrected chi connectivity index (χ4v) is 6.43. The van der Waals surface area contributed by atoms with Gasteiger partial charge in [0.15, 0.2) is 0 Å². The van der Waals surface area contributed by atoms with Crippen LogP contribution in [0.1, 0.15) is 77.6 Å². The molecule has 48 heavy (non-hydrogen) atoms. The van der Waals surface area contributed by atoms with Gasteiger partial charge in [-0.3, -0.25) is 0 Å². The van der Waals surface area contributed by atoms with E-state index >= 15 is 0 Å². The minimum absolute atomic E-state index is 0. The van der Waals surface area contributed by atoms with E-state index in [0.717, 1.165) is 85.5 Å². The van der Waals surface area contributed by atoms with E-state index in [2.05, 4.69) is 130 Å². The standard InChI is InChI=1S/C43H38N4.Ni/c1-5-7-8-9-11-33-36-22-26-40(46-36)42(30-16-12-28(3)13-17-30)38-24-20-34(44-38)32(10-6-2)35-21-25-39(45-35)43(41-27-23-37(33)47-41)31-18-14-29(4)15-19-31;/h10,12-27H,2,5,7-9,11H2,1,3-4H3;/q-2;+2. The Balaban J connectivity index is 0.00000401. The molecule has 0 spiro atoms. The summed E-state index contributed by atoms with van der Waals surface area (Å²) in [6.07, 6.45) is 15.9. The zero-order chi connectivity index (χ0) is 32.3. The Bertz CT molecular complexity index is 2200. The van der Waals surface area contributed by atoms with Crippen LogP contribution in [0.4, 0.5) is 0 Å². The maximum atomic E-state index is 5.31. The van der Waals surface area contributed by atoms with E-state index in [1.165, 1.54) is 36.0 Å². The van der Waals surface area contributed by atoms with Crippen LogP contribution in [0.3, 0.4) is 0 Å². The van der Waals surface area contributed by atoms with Gasteiger partial charge in [0.25, 0.3) is 0 Å². The fraction of sp³-hybridized carbons (Fsp3) is 0.186. The summed E-state index contributed by atoms with van der Waals surface area (Å²) < 4.78 is 0. The molecule has 0 saturated heterocycles. The molecule has 8 bridgehead atoms. The molecule has 0 amide bonds. The molecule has 240 valence electrons. The third-order valence-corrected chi connectivity index (χ3v) is 8.96. The van der Waals surface area contributed by atoms with Gasteiger partial charge in [-0.1, -0.05) is 117 Å². The summed E-state index contributed by atoms with van der Waals surface area (Å²) in [6.45, 7) is 10.4. The van der Waals surface area contributed by atoms with Crippen molar-refractivity contribution in [2.45, 2.75) is 52.9 Å². The SMILES string of the molecule is C=C=Cc1c2nc(c(-c3ccc(C)cc3)c3ccc([n-]3)c(CCCCCC)c3nc(c(-c4ccc(C)cc4)c4ccc1[n-]4)C=C3)C=C2.[Ni+2]. The van der Waals surface area contributed by atoms with Crippen LogP contribution in [0, 0.1) is 13.8 Å². The van der Waals surface area contributed by atoms with Gasteiger partial charge in [-0.05, 0) is 90.4 Å². The number of nitrogens with zero attached hydrogens (tertiary/aromatic N) is 4. The first-order valence-corrected chi connectivity index (χ1v) is 16.6. The van der Waals surface area contributed by atoms with Crippen LogP contribution in [0.2, 0.25) is 0 Å². The van der Waals surface area contributed by atoms with Crippen molar-refractivity contribution in [3.63, 3.8) is 0 Å². The molecule has 0 fully saturated rings. The Morgan fingerprint density at radius 3 is 1.69 bits per heavy atom. The van der Waals surface area contributed by atoms with Crippen molar-refractivity contribution in [1.82, 2.24) is 19.9 Å². The third kappa shape index (κ3) is 6.58. The number of hydrogen-bond donors (Lipinski definition) is 0. The number of hydrogen-bond acceptors (Lipinski definition) is 2. The van der Waals surface area contributed by atoms with Gasteiger partial charge in [-0.25, -0.2) is 9.97 Å². The molecule has 2 aliphatic rings. The van der Waals surface area contributed by atoms with Crippen molar-refractivity contribution in [1.29, 1.82) is 0 Å². The van der Waals surface area contributed by atoms with Gasteiger partial charge < -0.3 is 9.97 Å². The largest absolute Gasteiger partial charge is 2.00 e. The van der Waals surface area contributed by atoms with E-state index in [4.69, 9.17) is 19.9 Å². The van der Waals surface area contributed by atoms with Crippen LogP contribution in [0.15, 0.2) is 85.1 Å². The van der Waals surface area contributed by atoms with Crippen LogP contribution in [-0.2, 0) is 22.9 Å². The van der Waals surface area contributed by atoms with Crippen molar-refractivity contribution in [2.24, 2.45) is 0 Å². The zero-order valence-corrected chi connectivity index (χ0v) is 28.7. The summed E-state index contributed by atoms with van der Waals surface area (Å²) in [5, 5.41) is 0. The summed E-state index contributed by atoms with van der Waals surface area (Å²) in [4.78, 5) is 21.0. The number of benzene rings is 2. The van der Waals surface area contributed by atoms with E-state index in [9.17, 15) is 0 Å². The third-order valence-electron chi connectivity index (χ3n) is 8.96. The van der Waals surface area contributed by atoms with Crippen LogP contribution in [0.25, 0.3) is 74.7 Å². The molecule has 7 rings (SSSR count). The van der Waals surface area contributed by atoms with Gasteiger partial charge in [0, 0.05) is 0 Å². The number of aryl methyl sites for hydroxylation is 3. The van der Waals surface area contributed by atoms with Gasteiger partial charge in [0.05, 0.1) is 22.8 Å². The van der Waals surface area contributed by atoms with Gasteiger partial charge >= 0.3 is 16.5 Å². The first kappa shape index (κ1) is 33.0. The molecule has 0 saturated carbocycles. The predicted octanol–water partition coefficient (Wildman–Crippen LogP) is 10.8. The topological polar surface area (TPSA) is 54.0 Å². The second kappa shape index (κ2) is 14.4. The molecule has 2 aliphatic heterocycles. The quantitative estimate of drug-likeness (QED) is 0.0918. The molecule has 4 nitrogen and oxygen atoms in total. The molecule has 0 radical (unpaired) electrons. The Hall–Kier alpha value is -4.95. The molecule has 5 heterocycles. The van der Waals surface area contributed by atoms with Gasteiger partial charge in [0.2, 0.25) is 0 Å². The predicted molar refractivity (Wildman–Crippen MR) is 199 cm³/mol. The van der Waals surface area contributed by atoms with Crippen molar-refractivity contribution in [3.8, 4) is 22.3 Å². The molecule has 5 aromatic rings. The molecule has 3 aromatic heterocycles. The van der Waals surface area contributed by atoms with E-state index in [1.807, 2.05) is 6.08 Å². The minimum atomic E-state index is 0. The summed E-state index contributed by atoms with van der Waals surface area (Å²) >= 11 is 0. The van der Waals surface area contributed by atoms with E-state index < -0.39 is 0 Å². The summed E-state index contributed by atoms with van der Waals surface area (Å²) in [5.41, 5.74) is 18.7. The normalized spacial score (nSPS) is 11.7. The Morgan fingerprint density at radius 2 is 1.10 bits per heavy atom. The summed E-state index contributed by atoms with van der Waals surface area (Å²) in [6, 6.07) is 25.7. The second-order valence-electron chi connectivity index (χ2n) is 12.4. The molecule has 0 N–H and O–H groups in total. The summed E-state index contributed by atoms with van der Waals surface area (Å²) in [7, 11) is 0. The number of aromatic nitrogens is 4. The molecular weight excluding hydrogens is 631 g/mol. The average molecular weight is 669 g/mol. The Labute approximate surface area is 293 Å². The molecular formula is C43H38N4Ni. The Kier molecular flexibility index (Phi) is 9.92. The minimum Gasteiger partial charge on any atom is -0.657 e. The first-order valence-electron chi connectivity index (χ1n) is 16.6. The van der Waals surface area contributed by atoms with Crippen LogP contribution in [-0.4, -0.2) is 9.97 Å². The second-order valence-corrected chi connectivity index (χ2v) is 12.4. The fourth-order valence-electron chi connectivity index (χ4n) is 6.43. The van der Waals surface area contributed by atoms with Crippen LogP contribution < -0.4 is 9.97 Å².